The van der Waals surface area contributed by atoms with Crippen molar-refractivity contribution in [3.63, 3.8) is 0 Å². The molecule has 2 heteroatoms. The molecule has 0 radical (unpaired) electrons. The molecule has 120 valence electrons. The maximum Gasteiger partial charge on any atom is 0.0697 e. The first-order chi connectivity index (χ1) is 9.69. The molecule has 2 atom stereocenters. The molecule has 1 aliphatic heterocycles. The van der Waals surface area contributed by atoms with Gasteiger partial charge in [0.2, 0.25) is 0 Å². The summed E-state index contributed by atoms with van der Waals surface area (Å²) in [6, 6.07) is 0. The van der Waals surface area contributed by atoms with Crippen LogP contribution in [-0.2, 0) is 0 Å². The van der Waals surface area contributed by atoms with Gasteiger partial charge in [-0.25, -0.2) is 0 Å². The number of nitrogens with one attached hydrogen (secondary N) is 1. The molecule has 20 heavy (non-hydrogen) atoms. The van der Waals surface area contributed by atoms with E-state index in [-0.39, 0.29) is 5.60 Å². The van der Waals surface area contributed by atoms with Crippen LogP contribution in [0.2, 0.25) is 0 Å². The summed E-state index contributed by atoms with van der Waals surface area (Å²) in [5, 5.41) is 14.0. The highest BCUT2D eigenvalue weighted by molar-refractivity contribution is 4.89. The summed E-state index contributed by atoms with van der Waals surface area (Å²) in [7, 11) is 0. The van der Waals surface area contributed by atoms with Gasteiger partial charge in [-0.05, 0) is 25.3 Å². The minimum Gasteiger partial charge on any atom is -0.390 e. The van der Waals surface area contributed by atoms with Crippen LogP contribution in [0.25, 0.3) is 0 Å². The molecule has 1 saturated heterocycles. The number of unbranched alkanes of at least 4 members (excludes halogenated alkanes) is 9. The van der Waals surface area contributed by atoms with Crippen molar-refractivity contribution in [3.05, 3.63) is 0 Å². The number of hydrogen-bond donors (Lipinski definition) is 2. The van der Waals surface area contributed by atoms with Crippen molar-refractivity contribution in [1.82, 2.24) is 5.32 Å². The Morgan fingerprint density at radius 3 is 2.05 bits per heavy atom. The van der Waals surface area contributed by atoms with Gasteiger partial charge in [0.25, 0.3) is 0 Å². The predicted molar refractivity (Wildman–Crippen MR) is 88.1 cm³/mol. The van der Waals surface area contributed by atoms with Crippen LogP contribution in [0.5, 0.6) is 0 Å². The normalized spacial score (nSPS) is 26.9. The zero-order chi connectivity index (χ0) is 14.7. The van der Waals surface area contributed by atoms with Gasteiger partial charge in [0.05, 0.1) is 5.60 Å². The Balaban J connectivity index is 1.91. The lowest BCUT2D eigenvalue weighted by molar-refractivity contribution is -0.0422. The van der Waals surface area contributed by atoms with Crippen molar-refractivity contribution >= 4 is 0 Å². The van der Waals surface area contributed by atoms with E-state index in [1.54, 1.807) is 0 Å². The van der Waals surface area contributed by atoms with Crippen LogP contribution in [-0.4, -0.2) is 23.8 Å². The van der Waals surface area contributed by atoms with Gasteiger partial charge in [0.1, 0.15) is 0 Å². The lowest BCUT2D eigenvalue weighted by atomic mass is 9.79. The molecule has 2 unspecified atom stereocenters. The fourth-order valence-corrected chi connectivity index (χ4v) is 3.35. The Morgan fingerprint density at radius 2 is 1.50 bits per heavy atom. The van der Waals surface area contributed by atoms with Crippen molar-refractivity contribution in [3.8, 4) is 0 Å². The zero-order valence-electron chi connectivity index (χ0n) is 13.9. The highest BCUT2D eigenvalue weighted by atomic mass is 16.3. The Hall–Kier alpha value is -0.0800. The Morgan fingerprint density at radius 1 is 0.950 bits per heavy atom. The average Bonchev–Trinajstić information content (AvgIpc) is 2.44. The smallest absolute Gasteiger partial charge is 0.0697 e. The van der Waals surface area contributed by atoms with Gasteiger partial charge >= 0.3 is 0 Å². The summed E-state index contributed by atoms with van der Waals surface area (Å²) in [5.41, 5.74) is -0.384. The van der Waals surface area contributed by atoms with Crippen LogP contribution in [0.3, 0.4) is 0 Å². The molecule has 0 aliphatic carbocycles. The summed E-state index contributed by atoms with van der Waals surface area (Å²) in [6.07, 6.45) is 15.6. The SMILES string of the molecule is CCCCCCCCCCCCC1(O)CCNCC1C. The van der Waals surface area contributed by atoms with Crippen molar-refractivity contribution in [1.29, 1.82) is 0 Å². The van der Waals surface area contributed by atoms with E-state index in [0.717, 1.165) is 25.9 Å². The van der Waals surface area contributed by atoms with Crippen molar-refractivity contribution in [2.24, 2.45) is 5.92 Å². The van der Waals surface area contributed by atoms with Crippen LogP contribution in [0.1, 0.15) is 90.9 Å². The topological polar surface area (TPSA) is 32.3 Å². The van der Waals surface area contributed by atoms with Crippen molar-refractivity contribution < 1.29 is 5.11 Å². The van der Waals surface area contributed by atoms with Gasteiger partial charge in [-0.15, -0.1) is 0 Å². The third kappa shape index (κ3) is 7.08. The van der Waals surface area contributed by atoms with Crippen molar-refractivity contribution in [2.75, 3.05) is 13.1 Å². The van der Waals surface area contributed by atoms with Crippen LogP contribution in [0.4, 0.5) is 0 Å². The molecule has 0 spiro atoms. The van der Waals surface area contributed by atoms with Gasteiger partial charge in [0.15, 0.2) is 0 Å². The molecule has 0 bridgehead atoms. The van der Waals surface area contributed by atoms with E-state index in [2.05, 4.69) is 19.2 Å². The third-order valence-electron chi connectivity index (χ3n) is 5.07. The lowest BCUT2D eigenvalue weighted by Crippen LogP contribution is -2.48. The van der Waals surface area contributed by atoms with Crippen LogP contribution >= 0.6 is 0 Å². The minimum absolute atomic E-state index is 0.384. The molecule has 0 amide bonds. The van der Waals surface area contributed by atoms with Gasteiger partial charge in [0, 0.05) is 6.54 Å². The standard InChI is InChI=1S/C18H37NO/c1-3-4-5-6-7-8-9-10-11-12-13-18(20)14-15-19-16-17(18)2/h17,19-20H,3-16H2,1-2H3. The maximum atomic E-state index is 10.6. The highest BCUT2D eigenvalue weighted by Gasteiger charge is 2.34. The lowest BCUT2D eigenvalue weighted by Gasteiger charge is -2.38. The van der Waals surface area contributed by atoms with Gasteiger partial charge in [-0.3, -0.25) is 0 Å². The third-order valence-corrected chi connectivity index (χ3v) is 5.07. The van der Waals surface area contributed by atoms with E-state index in [4.69, 9.17) is 0 Å². The first-order valence-electron chi connectivity index (χ1n) is 9.12. The average molecular weight is 283 g/mol. The Kier molecular flexibility index (Phi) is 9.54. The molecule has 0 aromatic rings. The molecule has 1 heterocycles. The molecular weight excluding hydrogens is 246 g/mol. The predicted octanol–water partition coefficient (Wildman–Crippen LogP) is 4.66. The Labute approximate surface area is 126 Å². The van der Waals surface area contributed by atoms with E-state index in [0.29, 0.717) is 5.92 Å². The second-order valence-electron chi connectivity index (χ2n) is 6.89. The molecular formula is C18H37NO. The molecule has 0 aromatic heterocycles. The van der Waals surface area contributed by atoms with Gasteiger partial charge < -0.3 is 10.4 Å². The second kappa shape index (κ2) is 10.6. The van der Waals surface area contributed by atoms with E-state index in [1.807, 2.05) is 0 Å². The first-order valence-corrected chi connectivity index (χ1v) is 9.12. The van der Waals surface area contributed by atoms with Crippen LogP contribution in [0, 0.1) is 5.92 Å². The molecule has 1 rings (SSSR count). The quantitative estimate of drug-likeness (QED) is 0.541. The summed E-state index contributed by atoms with van der Waals surface area (Å²) in [6.45, 7) is 6.42. The fourth-order valence-electron chi connectivity index (χ4n) is 3.35. The van der Waals surface area contributed by atoms with Crippen LogP contribution in [0.15, 0.2) is 0 Å². The van der Waals surface area contributed by atoms with E-state index >= 15 is 0 Å². The summed E-state index contributed by atoms with van der Waals surface area (Å²) >= 11 is 0. The monoisotopic (exact) mass is 283 g/mol. The number of rotatable bonds is 11. The first kappa shape index (κ1) is 18.0. The molecule has 0 saturated carbocycles. The molecule has 1 aliphatic rings. The van der Waals surface area contributed by atoms with Crippen LogP contribution < -0.4 is 5.32 Å². The molecule has 2 nitrogen and oxygen atoms in total. The number of piperidine rings is 1. The van der Waals surface area contributed by atoms with E-state index in [9.17, 15) is 5.11 Å². The van der Waals surface area contributed by atoms with E-state index in [1.165, 1.54) is 64.2 Å². The second-order valence-corrected chi connectivity index (χ2v) is 6.89. The van der Waals surface area contributed by atoms with E-state index < -0.39 is 0 Å². The Bertz CT molecular complexity index is 231. The van der Waals surface area contributed by atoms with Gasteiger partial charge in [-0.1, -0.05) is 78.1 Å². The number of hydrogen-bond acceptors (Lipinski definition) is 2. The zero-order valence-corrected chi connectivity index (χ0v) is 13.9. The van der Waals surface area contributed by atoms with Gasteiger partial charge in [-0.2, -0.15) is 0 Å². The largest absolute Gasteiger partial charge is 0.390 e. The summed E-state index contributed by atoms with van der Waals surface area (Å²) in [4.78, 5) is 0. The number of aliphatic hydroxyl groups is 1. The molecule has 0 aromatic carbocycles. The molecule has 2 N–H and O–H groups in total. The highest BCUT2D eigenvalue weighted by Crippen LogP contribution is 2.29. The summed E-state index contributed by atoms with van der Waals surface area (Å²) < 4.78 is 0. The fraction of sp³-hybridized carbons (Fsp3) is 1.00. The van der Waals surface area contributed by atoms with Crippen molar-refractivity contribution in [2.45, 2.75) is 96.5 Å². The summed E-state index contributed by atoms with van der Waals surface area (Å²) in [5.74, 6) is 0.412. The minimum atomic E-state index is -0.384. The molecule has 1 fully saturated rings. The maximum absolute atomic E-state index is 10.6.